The molecule has 4 aliphatic carbocycles. The third-order valence-electron chi connectivity index (χ3n) is 8.56. The van der Waals surface area contributed by atoms with Crippen molar-refractivity contribution in [2.75, 3.05) is 45.9 Å². The molecule has 3 heterocycles. The van der Waals surface area contributed by atoms with Crippen LogP contribution in [-0.4, -0.2) is 72.0 Å². The van der Waals surface area contributed by atoms with Gasteiger partial charge in [-0.15, -0.1) is 0 Å². The van der Waals surface area contributed by atoms with E-state index in [0.29, 0.717) is 29.0 Å². The molecule has 2 aromatic heterocycles. The Kier molecular flexibility index (Phi) is 5.81. The lowest BCUT2D eigenvalue weighted by atomic mass is 9.49. The molecule has 34 heavy (non-hydrogen) atoms. The van der Waals surface area contributed by atoms with Gasteiger partial charge in [0.2, 0.25) is 0 Å². The molecule has 5 aliphatic rings. The Morgan fingerprint density at radius 2 is 1.71 bits per heavy atom. The summed E-state index contributed by atoms with van der Waals surface area (Å²) < 4.78 is 7.11. The van der Waals surface area contributed by atoms with E-state index in [4.69, 9.17) is 4.74 Å². The largest absolute Gasteiger partial charge is 0.379 e. The van der Waals surface area contributed by atoms with E-state index in [1.165, 1.54) is 38.5 Å². The fourth-order valence-corrected chi connectivity index (χ4v) is 7.41. The first-order chi connectivity index (χ1) is 16.6. The van der Waals surface area contributed by atoms with E-state index >= 15 is 0 Å². The molecular weight excluding hydrogens is 430 g/mol. The van der Waals surface area contributed by atoms with E-state index in [9.17, 15) is 9.59 Å². The van der Waals surface area contributed by atoms with Gasteiger partial charge in [-0.2, -0.15) is 0 Å². The number of rotatable bonds is 7. The van der Waals surface area contributed by atoms with Crippen LogP contribution in [0.1, 0.15) is 59.5 Å². The molecule has 5 fully saturated rings. The number of carbonyl (C=O) groups is 2. The average Bonchev–Trinajstić information content (AvgIpc) is 3.27. The maximum absolute atomic E-state index is 13.2. The van der Waals surface area contributed by atoms with Gasteiger partial charge in [0, 0.05) is 38.9 Å². The second-order valence-electron chi connectivity index (χ2n) is 11.1. The normalized spacial score (nSPS) is 30.5. The highest BCUT2D eigenvalue weighted by Gasteiger charge is 2.50. The number of pyridine rings is 1. The molecule has 4 saturated carbocycles. The molecule has 1 aliphatic heterocycles. The van der Waals surface area contributed by atoms with Crippen LogP contribution in [-0.2, 0) is 4.74 Å². The molecular formula is C26H35N5O3. The summed E-state index contributed by atoms with van der Waals surface area (Å²) in [5.41, 5.74) is 1.77. The minimum Gasteiger partial charge on any atom is -0.379 e. The lowest BCUT2D eigenvalue weighted by Crippen LogP contribution is -2.51. The highest BCUT2D eigenvalue weighted by Crippen LogP contribution is 2.59. The topological polar surface area (TPSA) is 88.0 Å². The second kappa shape index (κ2) is 8.96. The van der Waals surface area contributed by atoms with E-state index in [1.54, 1.807) is 10.6 Å². The van der Waals surface area contributed by atoms with Crippen LogP contribution in [0, 0.1) is 23.2 Å². The number of morpholine rings is 1. The smallest absolute Gasteiger partial charge is 0.271 e. The fraction of sp³-hybridized carbons (Fsp3) is 0.654. The van der Waals surface area contributed by atoms with Crippen molar-refractivity contribution >= 4 is 17.5 Å². The van der Waals surface area contributed by atoms with Gasteiger partial charge >= 0.3 is 0 Å². The molecule has 0 atom stereocenters. The monoisotopic (exact) mass is 465 g/mol. The number of nitrogens with one attached hydrogen (secondary N) is 2. The van der Waals surface area contributed by atoms with Crippen molar-refractivity contribution < 1.29 is 14.3 Å². The lowest BCUT2D eigenvalue weighted by molar-refractivity contribution is -0.0503. The Labute approximate surface area is 200 Å². The van der Waals surface area contributed by atoms with Crippen molar-refractivity contribution in [2.45, 2.75) is 38.5 Å². The minimum atomic E-state index is -0.211. The van der Waals surface area contributed by atoms with Crippen molar-refractivity contribution in [3.63, 3.8) is 0 Å². The van der Waals surface area contributed by atoms with E-state index in [0.717, 1.165) is 57.1 Å². The molecule has 7 rings (SSSR count). The highest BCUT2D eigenvalue weighted by atomic mass is 16.5. The van der Waals surface area contributed by atoms with E-state index in [-0.39, 0.29) is 11.8 Å². The van der Waals surface area contributed by atoms with Crippen LogP contribution in [0.3, 0.4) is 0 Å². The molecule has 2 aromatic rings. The highest BCUT2D eigenvalue weighted by molar-refractivity contribution is 5.95. The maximum Gasteiger partial charge on any atom is 0.271 e. The van der Waals surface area contributed by atoms with Gasteiger partial charge in [0.05, 0.1) is 13.2 Å². The van der Waals surface area contributed by atoms with Gasteiger partial charge in [-0.05, 0) is 73.8 Å². The molecule has 0 aromatic carbocycles. The second-order valence-corrected chi connectivity index (χ2v) is 11.1. The first-order valence-electron chi connectivity index (χ1n) is 12.9. The summed E-state index contributed by atoms with van der Waals surface area (Å²) in [5.74, 6) is 2.30. The Bertz CT molecular complexity index is 1040. The first kappa shape index (κ1) is 22.0. The molecule has 8 nitrogen and oxygen atoms in total. The zero-order valence-electron chi connectivity index (χ0n) is 19.8. The third kappa shape index (κ3) is 4.33. The Balaban J connectivity index is 1.10. The zero-order valence-corrected chi connectivity index (χ0v) is 19.8. The minimum absolute atomic E-state index is 0.0852. The molecule has 4 bridgehead atoms. The number of ether oxygens (including phenoxy) is 1. The summed E-state index contributed by atoms with van der Waals surface area (Å²) in [6, 6.07) is 5.48. The SMILES string of the molecule is O=C(NCCN1CCOCC1)c1cn2c(C(=O)NCC34CC5CC(CC(C5)C3)C4)cccc2n1. The molecule has 8 heteroatoms. The summed E-state index contributed by atoms with van der Waals surface area (Å²) in [6.45, 7) is 5.39. The van der Waals surface area contributed by atoms with Crippen LogP contribution in [0.25, 0.3) is 5.65 Å². The molecule has 182 valence electrons. The number of hydrogen-bond acceptors (Lipinski definition) is 5. The molecule has 0 radical (unpaired) electrons. The first-order valence-corrected chi connectivity index (χ1v) is 12.9. The Morgan fingerprint density at radius 3 is 2.41 bits per heavy atom. The van der Waals surface area contributed by atoms with E-state index in [1.807, 2.05) is 18.2 Å². The predicted molar refractivity (Wildman–Crippen MR) is 128 cm³/mol. The van der Waals surface area contributed by atoms with Crippen LogP contribution < -0.4 is 10.6 Å². The van der Waals surface area contributed by atoms with Gasteiger partial charge in [0.1, 0.15) is 17.0 Å². The van der Waals surface area contributed by atoms with Crippen molar-refractivity contribution in [3.05, 3.63) is 35.8 Å². The number of carbonyl (C=O) groups excluding carboxylic acids is 2. The van der Waals surface area contributed by atoms with Crippen molar-refractivity contribution in [1.29, 1.82) is 0 Å². The zero-order chi connectivity index (χ0) is 23.1. The predicted octanol–water partition coefficient (Wildman–Crippen LogP) is 2.34. The average molecular weight is 466 g/mol. The van der Waals surface area contributed by atoms with Crippen LogP contribution >= 0.6 is 0 Å². The number of fused-ring (bicyclic) bond motifs is 1. The number of imidazole rings is 1. The third-order valence-corrected chi connectivity index (χ3v) is 8.56. The van der Waals surface area contributed by atoms with Crippen molar-refractivity contribution in [2.24, 2.45) is 23.2 Å². The summed E-state index contributed by atoms with van der Waals surface area (Å²) in [6.07, 6.45) is 9.69. The van der Waals surface area contributed by atoms with Gasteiger partial charge in [-0.3, -0.25) is 18.9 Å². The summed E-state index contributed by atoms with van der Waals surface area (Å²) in [4.78, 5) is 32.6. The van der Waals surface area contributed by atoms with Gasteiger partial charge in [-0.25, -0.2) is 4.98 Å². The van der Waals surface area contributed by atoms with Gasteiger partial charge in [0.25, 0.3) is 11.8 Å². The molecule has 0 spiro atoms. The number of aromatic nitrogens is 2. The van der Waals surface area contributed by atoms with Crippen molar-refractivity contribution in [1.82, 2.24) is 24.9 Å². The number of amides is 2. The number of nitrogens with zero attached hydrogens (tertiary/aromatic N) is 3. The van der Waals surface area contributed by atoms with Crippen LogP contribution in [0.2, 0.25) is 0 Å². The fourth-order valence-electron chi connectivity index (χ4n) is 7.41. The molecule has 2 amide bonds. The Hall–Kier alpha value is -2.45. The van der Waals surface area contributed by atoms with Gasteiger partial charge in [0.15, 0.2) is 0 Å². The van der Waals surface area contributed by atoms with Gasteiger partial charge in [-0.1, -0.05) is 6.07 Å². The van der Waals surface area contributed by atoms with E-state index < -0.39 is 0 Å². The molecule has 2 N–H and O–H groups in total. The summed E-state index contributed by atoms with van der Waals surface area (Å²) in [5, 5.41) is 6.21. The Morgan fingerprint density at radius 1 is 1.00 bits per heavy atom. The molecule has 0 unspecified atom stereocenters. The maximum atomic E-state index is 13.2. The summed E-state index contributed by atoms with van der Waals surface area (Å²) in [7, 11) is 0. The lowest BCUT2D eigenvalue weighted by Gasteiger charge is -2.56. The van der Waals surface area contributed by atoms with E-state index in [2.05, 4.69) is 20.5 Å². The standard InChI is InChI=1S/C26H35N5O3/c32-24(27-4-5-30-6-8-34-9-7-30)21-16-31-22(2-1-3-23(31)29-21)25(33)28-17-26-13-18-10-19(14-26)12-20(11-18)15-26/h1-3,16,18-20H,4-15,17H2,(H,27,32)(H,28,33). The van der Waals surface area contributed by atoms with Crippen LogP contribution in [0.15, 0.2) is 24.4 Å². The molecule has 1 saturated heterocycles. The van der Waals surface area contributed by atoms with Gasteiger partial charge < -0.3 is 15.4 Å². The van der Waals surface area contributed by atoms with Crippen molar-refractivity contribution in [3.8, 4) is 0 Å². The van der Waals surface area contributed by atoms with Crippen LogP contribution in [0.4, 0.5) is 0 Å². The van der Waals surface area contributed by atoms with Crippen LogP contribution in [0.5, 0.6) is 0 Å². The quantitative estimate of drug-likeness (QED) is 0.655. The summed E-state index contributed by atoms with van der Waals surface area (Å²) >= 11 is 0. The number of hydrogen-bond donors (Lipinski definition) is 2.